The zero-order chi connectivity index (χ0) is 18.9. The molecule has 6 nitrogen and oxygen atoms in total. The molecule has 2 aromatic rings. The number of hydrogen-bond donors (Lipinski definition) is 1. The molecular weight excluding hydrogens is 360 g/mol. The second kappa shape index (κ2) is 7.15. The van der Waals surface area contributed by atoms with Crippen molar-refractivity contribution < 1.29 is 9.59 Å². The van der Waals surface area contributed by atoms with Crippen molar-refractivity contribution >= 4 is 40.6 Å². The van der Waals surface area contributed by atoms with Crippen LogP contribution in [0.1, 0.15) is 19.8 Å². The molecule has 138 valence electrons. The van der Waals surface area contributed by atoms with Crippen molar-refractivity contribution in [2.24, 2.45) is 10.2 Å². The minimum atomic E-state index is -0.410. The van der Waals surface area contributed by atoms with E-state index in [-0.39, 0.29) is 16.7 Å². The standard InChI is InChI=1S/C20H20N4O2S/c1-20-12-11-18(25)24(20)17(13-27-20)19(26)21-14-7-9-16(10-8-14)23-22-15-5-3-2-4-6-15/h2-10,17H,11-13H2,1H3,(H,21,26). The number of amides is 2. The number of benzene rings is 2. The highest BCUT2D eigenvalue weighted by atomic mass is 32.2. The molecule has 4 rings (SSSR count). The fourth-order valence-electron chi connectivity index (χ4n) is 3.46. The Morgan fingerprint density at radius 2 is 1.78 bits per heavy atom. The van der Waals surface area contributed by atoms with E-state index in [0.717, 1.165) is 12.1 Å². The quantitative estimate of drug-likeness (QED) is 0.794. The van der Waals surface area contributed by atoms with Crippen LogP contribution in [0.25, 0.3) is 0 Å². The van der Waals surface area contributed by atoms with Crippen molar-refractivity contribution in [3.05, 3.63) is 54.6 Å². The van der Waals surface area contributed by atoms with Gasteiger partial charge in [-0.3, -0.25) is 9.59 Å². The lowest BCUT2D eigenvalue weighted by molar-refractivity contribution is -0.135. The first-order chi connectivity index (χ1) is 13.0. The zero-order valence-corrected chi connectivity index (χ0v) is 15.8. The monoisotopic (exact) mass is 380 g/mol. The molecule has 27 heavy (non-hydrogen) atoms. The van der Waals surface area contributed by atoms with E-state index in [4.69, 9.17) is 0 Å². The number of fused-ring (bicyclic) bond motifs is 1. The summed E-state index contributed by atoms with van der Waals surface area (Å²) in [5, 5.41) is 11.3. The van der Waals surface area contributed by atoms with Crippen LogP contribution in [0.4, 0.5) is 17.1 Å². The first kappa shape index (κ1) is 17.7. The maximum Gasteiger partial charge on any atom is 0.248 e. The van der Waals surface area contributed by atoms with E-state index >= 15 is 0 Å². The van der Waals surface area contributed by atoms with Gasteiger partial charge in [0.05, 0.1) is 16.2 Å². The third kappa shape index (κ3) is 3.60. The number of carbonyl (C=O) groups is 2. The molecule has 7 heteroatoms. The molecule has 0 spiro atoms. The molecule has 2 heterocycles. The highest BCUT2D eigenvalue weighted by molar-refractivity contribution is 8.01. The highest BCUT2D eigenvalue weighted by Crippen LogP contribution is 2.47. The molecular formula is C20H20N4O2S. The Morgan fingerprint density at radius 1 is 1.11 bits per heavy atom. The van der Waals surface area contributed by atoms with Crippen molar-refractivity contribution in [2.45, 2.75) is 30.7 Å². The van der Waals surface area contributed by atoms with Gasteiger partial charge in [-0.1, -0.05) is 18.2 Å². The van der Waals surface area contributed by atoms with Gasteiger partial charge in [-0.25, -0.2) is 0 Å². The minimum Gasteiger partial charge on any atom is -0.324 e. The van der Waals surface area contributed by atoms with Crippen LogP contribution in [0.2, 0.25) is 0 Å². The predicted octanol–water partition coefficient (Wildman–Crippen LogP) is 4.49. The Balaban J connectivity index is 1.41. The molecule has 2 saturated heterocycles. The molecule has 0 radical (unpaired) electrons. The Kier molecular flexibility index (Phi) is 4.70. The zero-order valence-electron chi connectivity index (χ0n) is 15.0. The van der Waals surface area contributed by atoms with Gasteiger partial charge in [0.25, 0.3) is 0 Å². The fourth-order valence-corrected chi connectivity index (χ4v) is 4.89. The Bertz CT molecular complexity index is 885. The normalized spacial score (nSPS) is 24.4. The minimum absolute atomic E-state index is 0.0688. The number of rotatable bonds is 4. The van der Waals surface area contributed by atoms with Crippen LogP contribution in [0.3, 0.4) is 0 Å². The average molecular weight is 380 g/mol. The van der Waals surface area contributed by atoms with Gasteiger partial charge in [-0.05, 0) is 49.7 Å². The van der Waals surface area contributed by atoms with Crippen molar-refractivity contribution in [3.8, 4) is 0 Å². The van der Waals surface area contributed by atoms with Crippen LogP contribution < -0.4 is 5.32 Å². The predicted molar refractivity (Wildman–Crippen MR) is 106 cm³/mol. The number of nitrogens with zero attached hydrogens (tertiary/aromatic N) is 3. The van der Waals surface area contributed by atoms with Gasteiger partial charge in [-0.2, -0.15) is 10.2 Å². The van der Waals surface area contributed by atoms with Crippen LogP contribution in [-0.4, -0.2) is 33.4 Å². The van der Waals surface area contributed by atoms with Gasteiger partial charge in [0, 0.05) is 17.9 Å². The van der Waals surface area contributed by atoms with Gasteiger partial charge in [0.1, 0.15) is 6.04 Å². The first-order valence-corrected chi connectivity index (χ1v) is 9.88. The van der Waals surface area contributed by atoms with Crippen LogP contribution in [0.15, 0.2) is 64.8 Å². The maximum atomic E-state index is 12.7. The van der Waals surface area contributed by atoms with E-state index in [2.05, 4.69) is 15.5 Å². The van der Waals surface area contributed by atoms with E-state index in [1.54, 1.807) is 40.9 Å². The van der Waals surface area contributed by atoms with Crippen molar-refractivity contribution in [1.29, 1.82) is 0 Å². The second-order valence-electron chi connectivity index (χ2n) is 6.84. The molecule has 2 unspecified atom stereocenters. The summed E-state index contributed by atoms with van der Waals surface area (Å²) < 4.78 is 0. The summed E-state index contributed by atoms with van der Waals surface area (Å²) in [4.78, 5) is 26.4. The summed E-state index contributed by atoms with van der Waals surface area (Å²) in [7, 11) is 0. The smallest absolute Gasteiger partial charge is 0.248 e. The summed E-state index contributed by atoms with van der Waals surface area (Å²) in [6.45, 7) is 2.04. The maximum absolute atomic E-state index is 12.7. The largest absolute Gasteiger partial charge is 0.324 e. The summed E-state index contributed by atoms with van der Waals surface area (Å²) in [6.07, 6.45) is 1.33. The molecule has 2 aliphatic heterocycles. The van der Waals surface area contributed by atoms with Crippen LogP contribution in [-0.2, 0) is 9.59 Å². The number of thioether (sulfide) groups is 1. The summed E-state index contributed by atoms with van der Waals surface area (Å²) >= 11 is 1.69. The summed E-state index contributed by atoms with van der Waals surface area (Å²) in [5.74, 6) is 0.566. The molecule has 0 aliphatic carbocycles. The van der Waals surface area contributed by atoms with Crippen LogP contribution in [0, 0.1) is 0 Å². The van der Waals surface area contributed by atoms with Gasteiger partial charge < -0.3 is 10.2 Å². The number of carbonyl (C=O) groups excluding carboxylic acids is 2. The number of azo groups is 1. The number of anilines is 1. The van der Waals surface area contributed by atoms with Crippen molar-refractivity contribution in [2.75, 3.05) is 11.1 Å². The van der Waals surface area contributed by atoms with Gasteiger partial charge >= 0.3 is 0 Å². The van der Waals surface area contributed by atoms with Crippen LogP contribution >= 0.6 is 11.8 Å². The van der Waals surface area contributed by atoms with Crippen molar-refractivity contribution in [1.82, 2.24) is 4.90 Å². The lowest BCUT2D eigenvalue weighted by Gasteiger charge is -2.29. The first-order valence-electron chi connectivity index (χ1n) is 8.89. The third-order valence-electron chi connectivity index (χ3n) is 4.92. The Hall–Kier alpha value is -2.67. The highest BCUT2D eigenvalue weighted by Gasteiger charge is 2.52. The molecule has 0 bridgehead atoms. The molecule has 2 fully saturated rings. The molecule has 2 atom stereocenters. The van der Waals surface area contributed by atoms with E-state index in [9.17, 15) is 9.59 Å². The molecule has 2 amide bonds. The average Bonchev–Trinajstić information content (AvgIpc) is 3.18. The Labute approximate surface area is 162 Å². The molecule has 1 N–H and O–H groups in total. The van der Waals surface area contributed by atoms with E-state index < -0.39 is 6.04 Å². The van der Waals surface area contributed by atoms with Gasteiger partial charge in [-0.15, -0.1) is 11.8 Å². The number of nitrogens with one attached hydrogen (secondary N) is 1. The molecule has 2 aliphatic rings. The van der Waals surface area contributed by atoms with Crippen molar-refractivity contribution in [3.63, 3.8) is 0 Å². The molecule has 2 aromatic carbocycles. The van der Waals surface area contributed by atoms with E-state index in [0.29, 0.717) is 23.5 Å². The number of hydrogen-bond acceptors (Lipinski definition) is 5. The summed E-state index contributed by atoms with van der Waals surface area (Å²) in [5.41, 5.74) is 2.17. The summed E-state index contributed by atoms with van der Waals surface area (Å²) in [6, 6.07) is 16.3. The van der Waals surface area contributed by atoms with E-state index in [1.807, 2.05) is 37.3 Å². The molecule has 0 saturated carbocycles. The molecule has 0 aromatic heterocycles. The SMILES string of the molecule is CC12CCC(=O)N1C(C(=O)Nc1ccc(N=Nc3ccccc3)cc1)CS2. The van der Waals surface area contributed by atoms with E-state index in [1.165, 1.54) is 0 Å². The second-order valence-corrected chi connectivity index (χ2v) is 8.34. The lowest BCUT2D eigenvalue weighted by Crippen LogP contribution is -2.48. The van der Waals surface area contributed by atoms with Crippen LogP contribution in [0.5, 0.6) is 0 Å². The van der Waals surface area contributed by atoms with Gasteiger partial charge in [0.15, 0.2) is 0 Å². The fraction of sp³-hybridized carbons (Fsp3) is 0.300. The Morgan fingerprint density at radius 3 is 2.48 bits per heavy atom. The third-order valence-corrected chi connectivity index (χ3v) is 6.42. The van der Waals surface area contributed by atoms with Gasteiger partial charge in [0.2, 0.25) is 11.8 Å². The topological polar surface area (TPSA) is 74.1 Å². The lowest BCUT2D eigenvalue weighted by atomic mass is 10.2.